The summed E-state index contributed by atoms with van der Waals surface area (Å²) in [6.07, 6.45) is 1.65. The van der Waals surface area contributed by atoms with Crippen LogP contribution in [-0.2, 0) is 0 Å². The predicted molar refractivity (Wildman–Crippen MR) is 72.7 cm³/mol. The maximum atomic E-state index is 13.1. The molecule has 0 saturated carbocycles. The molecule has 94 valence electrons. The lowest BCUT2D eigenvalue weighted by atomic mass is 10.1. The number of rotatable bonds is 2. The number of carbonyl (C=O) groups is 1. The third kappa shape index (κ3) is 2.20. The molecule has 0 bridgehead atoms. The number of fused-ring (bicyclic) bond motifs is 1. The number of benzene rings is 2. The Kier molecular flexibility index (Phi) is 2.76. The van der Waals surface area contributed by atoms with Gasteiger partial charge in [-0.25, -0.2) is 4.39 Å². The van der Waals surface area contributed by atoms with E-state index in [1.165, 1.54) is 12.1 Å². The lowest BCUT2D eigenvalue weighted by Crippen LogP contribution is -2.11. The van der Waals surface area contributed by atoms with Gasteiger partial charge in [0.1, 0.15) is 5.82 Å². The summed E-state index contributed by atoms with van der Waals surface area (Å²) in [5, 5.41) is 3.52. The Morgan fingerprint density at radius 1 is 1.11 bits per heavy atom. The second kappa shape index (κ2) is 4.57. The van der Waals surface area contributed by atoms with Gasteiger partial charge in [-0.3, -0.25) is 4.79 Å². The van der Waals surface area contributed by atoms with Gasteiger partial charge in [0.25, 0.3) is 5.91 Å². The molecule has 0 aliphatic carbocycles. The standard InChI is InChI=1S/C15H11FN2O/c16-10-4-3-5-11(8-10)18-15(19)13-9-17-14-7-2-1-6-12(13)14/h1-9,17H,(H,18,19). The second-order valence-electron chi connectivity index (χ2n) is 4.21. The number of halogens is 1. The van der Waals surface area contributed by atoms with Crippen LogP contribution in [0.15, 0.2) is 54.7 Å². The summed E-state index contributed by atoms with van der Waals surface area (Å²) in [7, 11) is 0. The van der Waals surface area contributed by atoms with Gasteiger partial charge >= 0.3 is 0 Å². The lowest BCUT2D eigenvalue weighted by molar-refractivity contribution is 0.102. The van der Waals surface area contributed by atoms with E-state index in [4.69, 9.17) is 0 Å². The summed E-state index contributed by atoms with van der Waals surface area (Å²) in [6.45, 7) is 0. The maximum absolute atomic E-state index is 13.1. The highest BCUT2D eigenvalue weighted by atomic mass is 19.1. The first kappa shape index (κ1) is 11.5. The zero-order chi connectivity index (χ0) is 13.2. The van der Waals surface area contributed by atoms with Crippen molar-refractivity contribution >= 4 is 22.5 Å². The minimum Gasteiger partial charge on any atom is -0.360 e. The average molecular weight is 254 g/mol. The number of hydrogen-bond acceptors (Lipinski definition) is 1. The number of amides is 1. The molecular weight excluding hydrogens is 243 g/mol. The Bertz CT molecular complexity index is 748. The number of carbonyl (C=O) groups excluding carboxylic acids is 1. The van der Waals surface area contributed by atoms with Crippen molar-refractivity contribution in [3.8, 4) is 0 Å². The third-order valence-electron chi connectivity index (χ3n) is 2.92. The Morgan fingerprint density at radius 3 is 2.79 bits per heavy atom. The smallest absolute Gasteiger partial charge is 0.257 e. The van der Waals surface area contributed by atoms with E-state index in [0.717, 1.165) is 10.9 Å². The van der Waals surface area contributed by atoms with Gasteiger partial charge in [-0.15, -0.1) is 0 Å². The van der Waals surface area contributed by atoms with Gasteiger partial charge in [0.15, 0.2) is 0 Å². The molecule has 0 spiro atoms. The molecule has 3 rings (SSSR count). The number of anilines is 1. The van der Waals surface area contributed by atoms with E-state index in [-0.39, 0.29) is 11.7 Å². The predicted octanol–water partition coefficient (Wildman–Crippen LogP) is 3.56. The quantitative estimate of drug-likeness (QED) is 0.721. The van der Waals surface area contributed by atoms with E-state index in [1.807, 2.05) is 24.3 Å². The molecule has 0 saturated heterocycles. The number of H-pyrrole nitrogens is 1. The van der Waals surface area contributed by atoms with Crippen LogP contribution >= 0.6 is 0 Å². The first-order chi connectivity index (χ1) is 9.24. The second-order valence-corrected chi connectivity index (χ2v) is 4.21. The highest BCUT2D eigenvalue weighted by Crippen LogP contribution is 2.19. The molecule has 1 amide bonds. The Morgan fingerprint density at radius 2 is 1.95 bits per heavy atom. The molecule has 3 nitrogen and oxygen atoms in total. The molecule has 0 radical (unpaired) electrons. The van der Waals surface area contributed by atoms with Gasteiger partial charge < -0.3 is 10.3 Å². The number of aromatic nitrogens is 1. The minimum atomic E-state index is -0.378. The van der Waals surface area contributed by atoms with E-state index in [0.29, 0.717) is 11.3 Å². The molecule has 2 aromatic carbocycles. The van der Waals surface area contributed by atoms with Gasteiger partial charge in [0.05, 0.1) is 5.56 Å². The van der Waals surface area contributed by atoms with E-state index >= 15 is 0 Å². The van der Waals surface area contributed by atoms with Crippen molar-refractivity contribution in [3.05, 3.63) is 66.1 Å². The van der Waals surface area contributed by atoms with Crippen LogP contribution in [0.4, 0.5) is 10.1 Å². The molecule has 2 N–H and O–H groups in total. The molecule has 0 aliphatic heterocycles. The molecule has 19 heavy (non-hydrogen) atoms. The molecule has 3 aromatic rings. The van der Waals surface area contributed by atoms with Crippen LogP contribution in [0, 0.1) is 5.82 Å². The SMILES string of the molecule is O=C(Nc1cccc(F)c1)c1c[nH]c2ccccc12. The molecule has 1 heterocycles. The Labute approximate surface area is 109 Å². The summed E-state index contributed by atoms with van der Waals surface area (Å²) < 4.78 is 13.1. The zero-order valence-corrected chi connectivity index (χ0v) is 9.98. The molecule has 0 fully saturated rings. The largest absolute Gasteiger partial charge is 0.360 e. The van der Waals surface area contributed by atoms with Crippen LogP contribution in [0.25, 0.3) is 10.9 Å². The van der Waals surface area contributed by atoms with Crippen LogP contribution in [0.1, 0.15) is 10.4 Å². The van der Waals surface area contributed by atoms with Gasteiger partial charge in [-0.05, 0) is 24.3 Å². The Balaban J connectivity index is 1.92. The highest BCUT2D eigenvalue weighted by molar-refractivity contribution is 6.12. The summed E-state index contributed by atoms with van der Waals surface area (Å²) in [6, 6.07) is 13.4. The van der Waals surface area contributed by atoms with Crippen LogP contribution in [-0.4, -0.2) is 10.9 Å². The number of para-hydroxylation sites is 1. The van der Waals surface area contributed by atoms with Crippen LogP contribution in [0.5, 0.6) is 0 Å². The van der Waals surface area contributed by atoms with Gasteiger partial charge in [-0.2, -0.15) is 0 Å². The first-order valence-electron chi connectivity index (χ1n) is 5.87. The first-order valence-corrected chi connectivity index (χ1v) is 5.87. The van der Waals surface area contributed by atoms with Gasteiger partial charge in [0.2, 0.25) is 0 Å². The van der Waals surface area contributed by atoms with Crippen molar-refractivity contribution in [2.75, 3.05) is 5.32 Å². The van der Waals surface area contributed by atoms with Gasteiger partial charge in [0, 0.05) is 22.8 Å². The third-order valence-corrected chi connectivity index (χ3v) is 2.92. The molecule has 0 unspecified atom stereocenters. The summed E-state index contributed by atoms with van der Waals surface area (Å²) in [5.41, 5.74) is 1.88. The summed E-state index contributed by atoms with van der Waals surface area (Å²) in [4.78, 5) is 15.2. The molecule has 0 aliphatic rings. The minimum absolute atomic E-state index is 0.261. The van der Waals surface area contributed by atoms with E-state index in [2.05, 4.69) is 10.3 Å². The topological polar surface area (TPSA) is 44.9 Å². The molecular formula is C15H11FN2O. The Hall–Kier alpha value is -2.62. The van der Waals surface area contributed by atoms with Gasteiger partial charge in [-0.1, -0.05) is 24.3 Å². The molecule has 4 heteroatoms. The van der Waals surface area contributed by atoms with Crippen molar-refractivity contribution in [1.29, 1.82) is 0 Å². The van der Waals surface area contributed by atoms with Crippen LogP contribution < -0.4 is 5.32 Å². The van der Waals surface area contributed by atoms with Crippen LogP contribution in [0.2, 0.25) is 0 Å². The van der Waals surface area contributed by atoms with Crippen LogP contribution in [0.3, 0.4) is 0 Å². The number of aromatic amines is 1. The monoisotopic (exact) mass is 254 g/mol. The van der Waals surface area contributed by atoms with Crippen molar-refractivity contribution in [3.63, 3.8) is 0 Å². The fourth-order valence-corrected chi connectivity index (χ4v) is 2.02. The molecule has 1 aromatic heterocycles. The lowest BCUT2D eigenvalue weighted by Gasteiger charge is -2.04. The average Bonchev–Trinajstić information content (AvgIpc) is 2.82. The normalized spacial score (nSPS) is 10.6. The summed E-state index contributed by atoms with van der Waals surface area (Å²) in [5.74, 6) is -0.639. The molecule has 0 atom stereocenters. The van der Waals surface area contributed by atoms with Crippen molar-refractivity contribution < 1.29 is 9.18 Å². The number of hydrogen-bond donors (Lipinski definition) is 2. The maximum Gasteiger partial charge on any atom is 0.257 e. The number of nitrogens with one attached hydrogen (secondary N) is 2. The van der Waals surface area contributed by atoms with E-state index < -0.39 is 0 Å². The fourth-order valence-electron chi connectivity index (χ4n) is 2.02. The zero-order valence-electron chi connectivity index (χ0n) is 9.98. The summed E-state index contributed by atoms with van der Waals surface area (Å²) >= 11 is 0. The van der Waals surface area contributed by atoms with Crippen molar-refractivity contribution in [1.82, 2.24) is 4.98 Å². The van der Waals surface area contributed by atoms with Crippen molar-refractivity contribution in [2.45, 2.75) is 0 Å². The van der Waals surface area contributed by atoms with E-state index in [9.17, 15) is 9.18 Å². The fraction of sp³-hybridized carbons (Fsp3) is 0. The highest BCUT2D eigenvalue weighted by Gasteiger charge is 2.11. The van der Waals surface area contributed by atoms with E-state index in [1.54, 1.807) is 18.3 Å². The van der Waals surface area contributed by atoms with Crippen molar-refractivity contribution in [2.24, 2.45) is 0 Å².